The lowest BCUT2D eigenvalue weighted by molar-refractivity contribution is -0.147. The summed E-state index contributed by atoms with van der Waals surface area (Å²) < 4.78 is 1.63. The lowest BCUT2D eigenvalue weighted by atomic mass is 9.87. The van der Waals surface area contributed by atoms with E-state index in [4.69, 9.17) is 4.84 Å². The van der Waals surface area contributed by atoms with Crippen LogP contribution in [-0.2, 0) is 25.6 Å². The summed E-state index contributed by atoms with van der Waals surface area (Å²) in [6, 6.07) is 5.33. The van der Waals surface area contributed by atoms with E-state index in [1.807, 2.05) is 44.3 Å². The Morgan fingerprint density at radius 2 is 1.83 bits per heavy atom. The maximum Gasteiger partial charge on any atom is 0.246 e. The minimum Gasteiger partial charge on any atom is -0.417 e. The number of ketones is 1. The van der Waals surface area contributed by atoms with Crippen molar-refractivity contribution < 1.29 is 29.1 Å². The van der Waals surface area contributed by atoms with Crippen molar-refractivity contribution in [3.63, 3.8) is 0 Å². The minimum absolute atomic E-state index is 0.0186. The molecule has 42 heavy (non-hydrogen) atoms. The number of amides is 3. The van der Waals surface area contributed by atoms with Crippen LogP contribution in [0.25, 0.3) is 10.9 Å². The maximum absolute atomic E-state index is 14.0. The molecule has 0 radical (unpaired) electrons. The molecule has 2 aliphatic rings. The number of benzene rings is 1. The number of aromatic nitrogens is 1. The highest BCUT2D eigenvalue weighted by Crippen LogP contribution is 2.27. The third-order valence-electron chi connectivity index (χ3n) is 8.98. The molecule has 2 aromatic rings. The normalized spacial score (nSPS) is 24.8. The largest absolute Gasteiger partial charge is 0.417 e. The molecular weight excluding hydrogens is 536 g/mol. The number of aliphatic hydroxyl groups excluding tert-OH is 1. The summed E-state index contributed by atoms with van der Waals surface area (Å²) in [4.78, 5) is 62.6. The standard InChI is InChI=1S/C32H46N4O6/c1-4-21(2)29-32(41)35-16-10-9-15-27(35)28(38)19-22(12-6-5-11-17-37)30(39)33-25(31(40)34-29)18-23-20-36(42-3)26-14-8-7-13-24(23)26/h7-8,13-14,20-22,25,27,29,37H,4-6,9-12,15-19H2,1-3H3,(H,33,39)(H,34,40)/t21?,22-,25+,27-,29+/m1/s1. The highest BCUT2D eigenvalue weighted by Gasteiger charge is 2.40. The molecule has 0 bridgehead atoms. The highest BCUT2D eigenvalue weighted by atomic mass is 16.6. The van der Waals surface area contributed by atoms with E-state index in [2.05, 4.69) is 10.6 Å². The van der Waals surface area contributed by atoms with Gasteiger partial charge in [0.2, 0.25) is 17.7 Å². The van der Waals surface area contributed by atoms with E-state index in [0.29, 0.717) is 38.6 Å². The van der Waals surface area contributed by atoms with Gasteiger partial charge < -0.3 is 25.5 Å². The minimum atomic E-state index is -0.959. The summed E-state index contributed by atoms with van der Waals surface area (Å²) in [6.07, 6.45) is 7.38. The Kier molecular flexibility index (Phi) is 11.0. The number of hydrogen-bond donors (Lipinski definition) is 3. The Morgan fingerprint density at radius 1 is 1.05 bits per heavy atom. The maximum atomic E-state index is 14.0. The van der Waals surface area contributed by atoms with Gasteiger partial charge in [-0.2, -0.15) is 4.73 Å². The molecule has 2 fully saturated rings. The molecule has 2 saturated heterocycles. The molecule has 230 valence electrons. The fraction of sp³-hybridized carbons (Fsp3) is 0.625. The van der Waals surface area contributed by atoms with Crippen LogP contribution in [0.2, 0.25) is 0 Å². The van der Waals surface area contributed by atoms with Crippen LogP contribution < -0.4 is 15.5 Å². The van der Waals surface area contributed by atoms with Crippen LogP contribution in [0.15, 0.2) is 30.5 Å². The van der Waals surface area contributed by atoms with Crippen molar-refractivity contribution in [3.8, 4) is 0 Å². The summed E-state index contributed by atoms with van der Waals surface area (Å²) in [5.74, 6) is -1.87. The summed E-state index contributed by atoms with van der Waals surface area (Å²) >= 11 is 0. The second-order valence-corrected chi connectivity index (χ2v) is 11.8. The smallest absolute Gasteiger partial charge is 0.246 e. The van der Waals surface area contributed by atoms with Gasteiger partial charge in [-0.05, 0) is 49.7 Å². The zero-order chi connectivity index (χ0) is 30.2. The van der Waals surface area contributed by atoms with Gasteiger partial charge in [0, 0.05) is 43.5 Å². The molecular formula is C32H46N4O6. The second kappa shape index (κ2) is 14.7. The summed E-state index contributed by atoms with van der Waals surface area (Å²) in [5.41, 5.74) is 1.66. The third kappa shape index (κ3) is 7.14. The predicted molar refractivity (Wildman–Crippen MR) is 159 cm³/mol. The van der Waals surface area contributed by atoms with Crippen molar-refractivity contribution in [1.29, 1.82) is 0 Å². The highest BCUT2D eigenvalue weighted by molar-refractivity contribution is 5.98. The van der Waals surface area contributed by atoms with E-state index < -0.39 is 30.0 Å². The van der Waals surface area contributed by atoms with Gasteiger partial charge in [0.05, 0.1) is 11.6 Å². The molecule has 3 amide bonds. The zero-order valence-electron chi connectivity index (χ0n) is 25.1. The fourth-order valence-electron chi connectivity index (χ4n) is 6.28. The average Bonchev–Trinajstić information content (AvgIpc) is 3.36. The first-order valence-corrected chi connectivity index (χ1v) is 15.5. The Hall–Kier alpha value is -3.40. The van der Waals surface area contributed by atoms with E-state index in [1.54, 1.807) is 16.7 Å². The molecule has 4 rings (SSSR count). The van der Waals surface area contributed by atoms with Crippen LogP contribution in [0.3, 0.4) is 0 Å². The van der Waals surface area contributed by atoms with Crippen molar-refractivity contribution in [3.05, 3.63) is 36.0 Å². The van der Waals surface area contributed by atoms with Crippen molar-refractivity contribution >= 4 is 34.4 Å². The Balaban J connectivity index is 1.71. The molecule has 3 heterocycles. The van der Waals surface area contributed by atoms with E-state index in [0.717, 1.165) is 35.7 Å². The van der Waals surface area contributed by atoms with Crippen molar-refractivity contribution in [2.75, 3.05) is 20.3 Å². The first kappa shape index (κ1) is 31.5. The van der Waals surface area contributed by atoms with Gasteiger partial charge in [0.25, 0.3) is 0 Å². The Labute approximate surface area is 248 Å². The number of nitrogens with zero attached hydrogens (tertiary/aromatic N) is 2. The summed E-state index contributed by atoms with van der Waals surface area (Å²) in [6.45, 7) is 4.44. The first-order chi connectivity index (χ1) is 20.3. The number of nitrogens with one attached hydrogen (secondary N) is 2. The molecule has 0 aliphatic carbocycles. The number of rotatable bonds is 10. The average molecular weight is 583 g/mol. The molecule has 1 aromatic carbocycles. The van der Waals surface area contributed by atoms with Gasteiger partial charge in [0.1, 0.15) is 19.2 Å². The van der Waals surface area contributed by atoms with E-state index >= 15 is 0 Å². The van der Waals surface area contributed by atoms with Crippen LogP contribution >= 0.6 is 0 Å². The third-order valence-corrected chi connectivity index (χ3v) is 8.98. The van der Waals surface area contributed by atoms with Gasteiger partial charge in [-0.3, -0.25) is 19.2 Å². The molecule has 0 saturated carbocycles. The molecule has 5 atom stereocenters. The Morgan fingerprint density at radius 3 is 2.57 bits per heavy atom. The molecule has 1 aromatic heterocycles. The van der Waals surface area contributed by atoms with E-state index in [1.165, 1.54) is 0 Å². The molecule has 1 unspecified atom stereocenters. The molecule has 10 nitrogen and oxygen atoms in total. The number of carbonyl (C=O) groups excluding carboxylic acids is 4. The van der Waals surface area contributed by atoms with Gasteiger partial charge in [-0.15, -0.1) is 0 Å². The number of para-hydroxylation sites is 1. The second-order valence-electron chi connectivity index (χ2n) is 11.8. The number of carbonyl (C=O) groups is 4. The summed E-state index contributed by atoms with van der Waals surface area (Å²) in [5, 5.41) is 16.1. The topological polar surface area (TPSA) is 130 Å². The number of unbranched alkanes of at least 4 members (excludes halogenated alkanes) is 2. The van der Waals surface area contributed by atoms with Gasteiger partial charge in [-0.25, -0.2) is 0 Å². The van der Waals surface area contributed by atoms with Crippen molar-refractivity contribution in [1.82, 2.24) is 20.3 Å². The van der Waals surface area contributed by atoms with Crippen molar-refractivity contribution in [2.45, 2.75) is 96.2 Å². The number of Topliss-reactive ketones (excluding diaryl/α,β-unsaturated/α-hetero) is 1. The number of aliphatic hydroxyl groups is 1. The lowest BCUT2D eigenvalue weighted by Crippen LogP contribution is -2.61. The van der Waals surface area contributed by atoms with Crippen LogP contribution in [0, 0.1) is 11.8 Å². The Bertz CT molecular complexity index is 1260. The van der Waals surface area contributed by atoms with E-state index in [-0.39, 0.29) is 43.0 Å². The van der Waals surface area contributed by atoms with Gasteiger partial charge in [-0.1, -0.05) is 51.3 Å². The van der Waals surface area contributed by atoms with Crippen molar-refractivity contribution in [2.24, 2.45) is 11.8 Å². The van der Waals surface area contributed by atoms with E-state index in [9.17, 15) is 24.3 Å². The molecule has 10 heteroatoms. The molecule has 0 spiro atoms. The lowest BCUT2D eigenvalue weighted by Gasteiger charge is -2.39. The van der Waals surface area contributed by atoms with Crippen LogP contribution in [0.1, 0.15) is 77.2 Å². The number of hydrogen-bond acceptors (Lipinski definition) is 6. The van der Waals surface area contributed by atoms with Crippen LogP contribution in [0.5, 0.6) is 0 Å². The summed E-state index contributed by atoms with van der Waals surface area (Å²) in [7, 11) is 1.56. The number of piperidine rings is 1. The predicted octanol–water partition coefficient (Wildman–Crippen LogP) is 2.78. The first-order valence-electron chi connectivity index (χ1n) is 15.5. The van der Waals surface area contributed by atoms with Crippen LogP contribution in [0.4, 0.5) is 0 Å². The molecule has 3 N–H and O–H groups in total. The monoisotopic (exact) mass is 582 g/mol. The van der Waals surface area contributed by atoms with Crippen LogP contribution in [-0.4, -0.2) is 76.6 Å². The molecule has 2 aliphatic heterocycles. The quantitative estimate of drug-likeness (QED) is 0.370. The SMILES string of the molecule is CCC(C)[C@@H]1NC(=O)[C@H](Cc2cn(OC)c3ccccc23)NC(=O)[C@H](CCCCCO)CC(=O)[C@H]2CCCCN2C1=O. The number of fused-ring (bicyclic) bond motifs is 2. The zero-order valence-corrected chi connectivity index (χ0v) is 25.1. The fourth-order valence-corrected chi connectivity index (χ4v) is 6.28. The van der Waals surface area contributed by atoms with Gasteiger partial charge in [0.15, 0.2) is 5.78 Å². The van der Waals surface area contributed by atoms with Gasteiger partial charge >= 0.3 is 0 Å².